The second-order valence-corrected chi connectivity index (χ2v) is 6.72. The van der Waals surface area contributed by atoms with Gasteiger partial charge in [-0.1, -0.05) is 0 Å². The third kappa shape index (κ3) is 3.32. The quantitative estimate of drug-likeness (QED) is 0.568. The highest BCUT2D eigenvalue weighted by atomic mass is 19.4. The topological polar surface area (TPSA) is 110 Å². The van der Waals surface area contributed by atoms with E-state index in [0.29, 0.717) is 19.6 Å². The van der Waals surface area contributed by atoms with Crippen molar-refractivity contribution in [1.29, 1.82) is 0 Å². The third-order valence-corrected chi connectivity index (χ3v) is 4.84. The highest BCUT2D eigenvalue weighted by Crippen LogP contribution is 2.35. The van der Waals surface area contributed by atoms with Crippen LogP contribution < -0.4 is 16.4 Å². The lowest BCUT2D eigenvalue weighted by atomic mass is 10.0. The van der Waals surface area contributed by atoms with Crippen molar-refractivity contribution in [2.45, 2.75) is 37.5 Å². The van der Waals surface area contributed by atoms with E-state index in [4.69, 9.17) is 10.5 Å². The number of nitrogens with two attached hydrogens (primary N) is 1. The number of imidazole rings is 1. The van der Waals surface area contributed by atoms with E-state index in [1.165, 1.54) is 0 Å². The van der Waals surface area contributed by atoms with Crippen LogP contribution in [-0.4, -0.2) is 44.9 Å². The first-order valence-corrected chi connectivity index (χ1v) is 8.61. The summed E-state index contributed by atoms with van der Waals surface area (Å²) in [5, 5.41) is 15.7. The molecule has 4 rings (SSSR count). The van der Waals surface area contributed by atoms with Gasteiger partial charge in [-0.15, -0.1) is 0 Å². The molecule has 8 nitrogen and oxygen atoms in total. The van der Waals surface area contributed by atoms with Gasteiger partial charge in [0.15, 0.2) is 17.3 Å². The van der Waals surface area contributed by atoms with E-state index in [2.05, 4.69) is 20.6 Å². The van der Waals surface area contributed by atoms with Gasteiger partial charge in [0, 0.05) is 42.6 Å². The summed E-state index contributed by atoms with van der Waals surface area (Å²) in [6, 6.07) is -0.699. The molecule has 2 aromatic rings. The summed E-state index contributed by atoms with van der Waals surface area (Å²) >= 11 is 0. The molecule has 0 aromatic carbocycles. The zero-order chi connectivity index (χ0) is 20.1. The van der Waals surface area contributed by atoms with Gasteiger partial charge in [0.1, 0.15) is 18.4 Å². The fourth-order valence-electron chi connectivity index (χ4n) is 3.36. The van der Waals surface area contributed by atoms with Gasteiger partial charge in [0.25, 0.3) is 0 Å². The summed E-state index contributed by atoms with van der Waals surface area (Å²) < 4.78 is 60.0. The Labute approximate surface area is 156 Å². The van der Waals surface area contributed by atoms with Crippen molar-refractivity contribution in [3.05, 3.63) is 35.2 Å². The number of aromatic nitrogens is 3. The van der Waals surface area contributed by atoms with Crippen LogP contribution in [-0.2, 0) is 17.5 Å². The maximum Gasteiger partial charge on any atom is 0.434 e. The number of anilines is 1. The van der Waals surface area contributed by atoms with Crippen molar-refractivity contribution in [1.82, 2.24) is 19.9 Å². The Morgan fingerprint density at radius 3 is 2.86 bits per heavy atom. The van der Waals surface area contributed by atoms with Crippen LogP contribution in [0.4, 0.5) is 23.4 Å². The number of nitrogens with one attached hydrogen (secondary N) is 2. The number of hydrogen-bond donors (Lipinski definition) is 4. The Bertz CT molecular complexity index is 887. The van der Waals surface area contributed by atoms with Gasteiger partial charge in [-0.3, -0.25) is 9.88 Å². The van der Waals surface area contributed by atoms with E-state index in [1.807, 2.05) is 0 Å². The molecule has 1 fully saturated rings. The maximum atomic E-state index is 15.0. The van der Waals surface area contributed by atoms with Crippen LogP contribution in [0.15, 0.2) is 12.5 Å². The van der Waals surface area contributed by atoms with Crippen LogP contribution in [0.5, 0.6) is 0 Å². The van der Waals surface area contributed by atoms with Crippen LogP contribution in [0.3, 0.4) is 0 Å². The Balaban J connectivity index is 1.77. The summed E-state index contributed by atoms with van der Waals surface area (Å²) in [6.07, 6.45) is -3.70. The molecule has 4 heterocycles. The Kier molecular flexibility index (Phi) is 4.73. The normalized spacial score (nSPS) is 25.0. The minimum Gasteiger partial charge on any atom is -0.380 e. The zero-order valence-electron chi connectivity index (χ0n) is 14.5. The molecular formula is C16H18F4N6O2. The molecule has 2 aliphatic rings. The molecule has 0 aliphatic carbocycles. The summed E-state index contributed by atoms with van der Waals surface area (Å²) in [5.74, 6) is -0.869. The van der Waals surface area contributed by atoms with Crippen molar-refractivity contribution in [2.75, 3.05) is 18.5 Å². The van der Waals surface area contributed by atoms with E-state index in [-0.39, 0.29) is 41.4 Å². The molecule has 0 amide bonds. The van der Waals surface area contributed by atoms with Crippen molar-refractivity contribution < 1.29 is 27.4 Å². The first-order chi connectivity index (χ1) is 13.3. The molecule has 3 atom stereocenters. The summed E-state index contributed by atoms with van der Waals surface area (Å²) in [4.78, 5) is 7.50. The highest BCUT2D eigenvalue weighted by Gasteiger charge is 2.36. The number of halogens is 4. The number of pyridine rings is 1. The highest BCUT2D eigenvalue weighted by molar-refractivity contribution is 5.54. The van der Waals surface area contributed by atoms with Gasteiger partial charge in [-0.25, -0.2) is 14.4 Å². The molecule has 2 aliphatic heterocycles. The number of rotatable bonds is 3. The predicted molar refractivity (Wildman–Crippen MR) is 88.9 cm³/mol. The van der Waals surface area contributed by atoms with E-state index < -0.39 is 23.9 Å². The van der Waals surface area contributed by atoms with E-state index >= 15 is 0 Å². The molecule has 5 N–H and O–H groups in total. The average molecular weight is 402 g/mol. The van der Waals surface area contributed by atoms with Crippen LogP contribution in [0, 0.1) is 5.82 Å². The summed E-state index contributed by atoms with van der Waals surface area (Å²) in [6.45, 7) is 0.753. The molecular weight excluding hydrogens is 384 g/mol. The molecule has 1 unspecified atom stereocenters. The first kappa shape index (κ1) is 19.1. The van der Waals surface area contributed by atoms with Gasteiger partial charge in [-0.2, -0.15) is 13.2 Å². The fourth-order valence-corrected chi connectivity index (χ4v) is 3.36. The molecule has 12 heteroatoms. The standard InChI is InChI=1S/C16H18F4N6O2/c17-12-7-3-22-15(27)11(7)14(26-4-10(23-6-26)16(18,19)20)25-13(12)24-9-1-2-28-5-8(9)21/h4,6,8-9,15,22,27H,1-3,5,21H2,(H,24,25)/t8-,9+,15?/m0/s1. The second kappa shape index (κ2) is 6.95. The Morgan fingerprint density at radius 2 is 2.18 bits per heavy atom. The van der Waals surface area contributed by atoms with Crippen LogP contribution in [0.25, 0.3) is 5.82 Å². The number of alkyl halides is 3. The van der Waals surface area contributed by atoms with Gasteiger partial charge in [-0.05, 0) is 6.42 Å². The second-order valence-electron chi connectivity index (χ2n) is 6.72. The number of aliphatic hydroxyl groups excluding tert-OH is 1. The number of aliphatic hydroxyl groups is 1. The SMILES string of the molecule is N[C@H]1COCC[C@H]1Nc1nc(-n2cnc(C(F)(F)F)c2)c2c(c1F)CNC2O. The van der Waals surface area contributed by atoms with Gasteiger partial charge < -0.3 is 20.9 Å². The molecule has 0 bridgehead atoms. The van der Waals surface area contributed by atoms with E-state index in [9.17, 15) is 22.7 Å². The van der Waals surface area contributed by atoms with Gasteiger partial charge >= 0.3 is 6.18 Å². The lowest BCUT2D eigenvalue weighted by molar-refractivity contribution is -0.140. The zero-order valence-corrected chi connectivity index (χ0v) is 14.5. The number of fused-ring (bicyclic) bond motifs is 1. The van der Waals surface area contributed by atoms with Crippen molar-refractivity contribution in [3.8, 4) is 5.82 Å². The molecule has 1 saturated heterocycles. The van der Waals surface area contributed by atoms with Crippen molar-refractivity contribution in [3.63, 3.8) is 0 Å². The number of hydrogen-bond acceptors (Lipinski definition) is 7. The monoisotopic (exact) mass is 402 g/mol. The smallest absolute Gasteiger partial charge is 0.380 e. The van der Waals surface area contributed by atoms with Crippen molar-refractivity contribution >= 4 is 5.82 Å². The Morgan fingerprint density at radius 1 is 1.39 bits per heavy atom. The molecule has 0 radical (unpaired) electrons. The predicted octanol–water partition coefficient (Wildman–Crippen LogP) is 1.05. The maximum absolute atomic E-state index is 15.0. The number of nitrogens with zero attached hydrogens (tertiary/aromatic N) is 3. The molecule has 0 saturated carbocycles. The molecule has 152 valence electrons. The number of ether oxygens (including phenoxy) is 1. The largest absolute Gasteiger partial charge is 0.434 e. The van der Waals surface area contributed by atoms with E-state index in [0.717, 1.165) is 17.1 Å². The van der Waals surface area contributed by atoms with E-state index in [1.54, 1.807) is 0 Å². The Hall–Kier alpha value is -2.28. The minimum atomic E-state index is -4.64. The fraction of sp³-hybridized carbons (Fsp3) is 0.500. The summed E-state index contributed by atoms with van der Waals surface area (Å²) in [7, 11) is 0. The average Bonchev–Trinajstić information content (AvgIpc) is 3.27. The lowest BCUT2D eigenvalue weighted by Gasteiger charge is -2.30. The van der Waals surface area contributed by atoms with Gasteiger partial charge in [0.2, 0.25) is 0 Å². The van der Waals surface area contributed by atoms with Crippen molar-refractivity contribution in [2.24, 2.45) is 5.73 Å². The van der Waals surface area contributed by atoms with Gasteiger partial charge in [0.05, 0.1) is 6.61 Å². The minimum absolute atomic E-state index is 0.00713. The molecule has 28 heavy (non-hydrogen) atoms. The van der Waals surface area contributed by atoms with Crippen LogP contribution in [0.1, 0.15) is 29.5 Å². The lowest BCUT2D eigenvalue weighted by Crippen LogP contribution is -2.48. The van der Waals surface area contributed by atoms with Crippen LogP contribution in [0.2, 0.25) is 0 Å². The third-order valence-electron chi connectivity index (χ3n) is 4.84. The van der Waals surface area contributed by atoms with Crippen LogP contribution >= 0.6 is 0 Å². The molecule has 0 spiro atoms. The first-order valence-electron chi connectivity index (χ1n) is 8.61. The molecule has 2 aromatic heterocycles. The summed E-state index contributed by atoms with van der Waals surface area (Å²) in [5.41, 5.74) is 5.07.